The molecule has 1 unspecified atom stereocenters. The van der Waals surface area contributed by atoms with Crippen molar-refractivity contribution in [3.63, 3.8) is 0 Å². The Kier molecular flexibility index (Phi) is 6.34. The molecule has 0 spiro atoms. The summed E-state index contributed by atoms with van der Waals surface area (Å²) in [5.41, 5.74) is 1.39. The third kappa shape index (κ3) is 4.80. The van der Waals surface area contributed by atoms with Crippen LogP contribution in [0, 0.1) is 5.92 Å². The molecule has 2 rings (SSSR count). The Balaban J connectivity index is 1.79. The molecule has 3 heteroatoms. The SMILES string of the molecule is CCNCCC1CCCN(Cc2ccc(OC)cc2)C1. The monoisotopic (exact) mass is 276 g/mol. The highest BCUT2D eigenvalue weighted by Gasteiger charge is 2.19. The average Bonchev–Trinajstić information content (AvgIpc) is 2.49. The molecular weight excluding hydrogens is 248 g/mol. The molecule has 1 heterocycles. The second-order valence-corrected chi connectivity index (χ2v) is 5.73. The van der Waals surface area contributed by atoms with Gasteiger partial charge in [0.15, 0.2) is 0 Å². The summed E-state index contributed by atoms with van der Waals surface area (Å²) in [6.45, 7) is 7.99. The number of hydrogen-bond acceptors (Lipinski definition) is 3. The molecule has 1 aromatic rings. The molecule has 0 aliphatic carbocycles. The maximum atomic E-state index is 5.21. The van der Waals surface area contributed by atoms with Crippen molar-refractivity contribution in [2.45, 2.75) is 32.7 Å². The highest BCUT2D eigenvalue weighted by atomic mass is 16.5. The van der Waals surface area contributed by atoms with E-state index in [-0.39, 0.29) is 0 Å². The van der Waals surface area contributed by atoms with Gasteiger partial charge in [-0.3, -0.25) is 4.90 Å². The van der Waals surface area contributed by atoms with Gasteiger partial charge in [0.25, 0.3) is 0 Å². The lowest BCUT2D eigenvalue weighted by Crippen LogP contribution is -2.36. The summed E-state index contributed by atoms with van der Waals surface area (Å²) in [6.07, 6.45) is 4.05. The van der Waals surface area contributed by atoms with Gasteiger partial charge in [-0.1, -0.05) is 19.1 Å². The van der Waals surface area contributed by atoms with Gasteiger partial charge in [0.1, 0.15) is 5.75 Å². The number of likely N-dealkylation sites (tertiary alicyclic amines) is 1. The summed E-state index contributed by atoms with van der Waals surface area (Å²) in [5, 5.41) is 3.44. The predicted molar refractivity (Wildman–Crippen MR) is 84.2 cm³/mol. The summed E-state index contributed by atoms with van der Waals surface area (Å²) < 4.78 is 5.21. The van der Waals surface area contributed by atoms with E-state index in [4.69, 9.17) is 4.74 Å². The fourth-order valence-electron chi connectivity index (χ4n) is 3.00. The van der Waals surface area contributed by atoms with Crippen molar-refractivity contribution in [1.29, 1.82) is 0 Å². The Morgan fingerprint density at radius 1 is 1.30 bits per heavy atom. The molecule has 1 aromatic carbocycles. The molecule has 112 valence electrons. The Labute approximate surface area is 123 Å². The summed E-state index contributed by atoms with van der Waals surface area (Å²) in [6, 6.07) is 8.48. The van der Waals surface area contributed by atoms with E-state index in [1.54, 1.807) is 7.11 Å². The van der Waals surface area contributed by atoms with E-state index < -0.39 is 0 Å². The second kappa shape index (κ2) is 8.28. The molecule has 0 saturated carbocycles. The summed E-state index contributed by atoms with van der Waals surface area (Å²) >= 11 is 0. The van der Waals surface area contributed by atoms with Gasteiger partial charge in [-0.05, 0) is 62.5 Å². The van der Waals surface area contributed by atoms with Crippen LogP contribution < -0.4 is 10.1 Å². The van der Waals surface area contributed by atoms with Crippen LogP contribution in [-0.2, 0) is 6.54 Å². The number of benzene rings is 1. The number of rotatable bonds is 7. The Morgan fingerprint density at radius 2 is 2.10 bits per heavy atom. The van der Waals surface area contributed by atoms with Crippen molar-refractivity contribution in [2.24, 2.45) is 5.92 Å². The third-order valence-electron chi connectivity index (χ3n) is 4.15. The minimum Gasteiger partial charge on any atom is -0.497 e. The molecule has 1 aliphatic heterocycles. The van der Waals surface area contributed by atoms with E-state index in [0.717, 1.165) is 31.3 Å². The van der Waals surface area contributed by atoms with Crippen LogP contribution in [0.15, 0.2) is 24.3 Å². The van der Waals surface area contributed by atoms with Crippen LogP contribution in [0.3, 0.4) is 0 Å². The summed E-state index contributed by atoms with van der Waals surface area (Å²) in [5.74, 6) is 1.80. The number of hydrogen-bond donors (Lipinski definition) is 1. The van der Waals surface area contributed by atoms with E-state index in [9.17, 15) is 0 Å². The van der Waals surface area contributed by atoms with Gasteiger partial charge in [0, 0.05) is 13.1 Å². The maximum Gasteiger partial charge on any atom is 0.118 e. The first kappa shape index (κ1) is 15.3. The van der Waals surface area contributed by atoms with Crippen LogP contribution in [0.4, 0.5) is 0 Å². The molecule has 1 N–H and O–H groups in total. The van der Waals surface area contributed by atoms with Gasteiger partial charge in [-0.25, -0.2) is 0 Å². The van der Waals surface area contributed by atoms with Gasteiger partial charge in [0.05, 0.1) is 7.11 Å². The Hall–Kier alpha value is -1.06. The molecule has 3 nitrogen and oxygen atoms in total. The van der Waals surface area contributed by atoms with E-state index in [2.05, 4.69) is 41.4 Å². The Morgan fingerprint density at radius 3 is 2.80 bits per heavy atom. The standard InChI is InChI=1S/C17H28N2O/c1-3-18-11-10-15-5-4-12-19(13-15)14-16-6-8-17(20-2)9-7-16/h6-9,15,18H,3-5,10-14H2,1-2H3. The molecule has 1 saturated heterocycles. The molecule has 1 fully saturated rings. The molecular formula is C17H28N2O. The number of nitrogens with one attached hydrogen (secondary N) is 1. The second-order valence-electron chi connectivity index (χ2n) is 5.73. The molecule has 0 aromatic heterocycles. The van der Waals surface area contributed by atoms with Crippen molar-refractivity contribution in [1.82, 2.24) is 10.2 Å². The molecule has 0 amide bonds. The molecule has 20 heavy (non-hydrogen) atoms. The van der Waals surface area contributed by atoms with Crippen molar-refractivity contribution in [2.75, 3.05) is 33.3 Å². The zero-order valence-corrected chi connectivity index (χ0v) is 12.9. The van der Waals surface area contributed by atoms with Crippen molar-refractivity contribution in [3.8, 4) is 5.75 Å². The minimum atomic E-state index is 0.862. The van der Waals surface area contributed by atoms with E-state index in [1.165, 1.54) is 37.9 Å². The van der Waals surface area contributed by atoms with Gasteiger partial charge in [-0.15, -0.1) is 0 Å². The Bertz CT molecular complexity index is 377. The molecule has 1 atom stereocenters. The highest BCUT2D eigenvalue weighted by Crippen LogP contribution is 2.21. The first-order chi connectivity index (χ1) is 9.81. The number of methoxy groups -OCH3 is 1. The van der Waals surface area contributed by atoms with E-state index in [1.807, 2.05) is 0 Å². The third-order valence-corrected chi connectivity index (χ3v) is 4.15. The predicted octanol–water partition coefficient (Wildman–Crippen LogP) is 2.91. The van der Waals surface area contributed by atoms with E-state index in [0.29, 0.717) is 0 Å². The summed E-state index contributed by atoms with van der Waals surface area (Å²) in [7, 11) is 1.72. The number of nitrogens with zero attached hydrogens (tertiary/aromatic N) is 1. The van der Waals surface area contributed by atoms with Crippen LogP contribution in [0.2, 0.25) is 0 Å². The largest absolute Gasteiger partial charge is 0.497 e. The zero-order chi connectivity index (χ0) is 14.2. The lowest BCUT2D eigenvalue weighted by Gasteiger charge is -2.32. The van der Waals surface area contributed by atoms with Crippen molar-refractivity contribution >= 4 is 0 Å². The molecule has 0 radical (unpaired) electrons. The van der Waals surface area contributed by atoms with Gasteiger partial charge in [0.2, 0.25) is 0 Å². The minimum absolute atomic E-state index is 0.862. The average molecular weight is 276 g/mol. The molecule has 1 aliphatic rings. The van der Waals surface area contributed by atoms with Gasteiger partial charge < -0.3 is 10.1 Å². The van der Waals surface area contributed by atoms with Crippen LogP contribution >= 0.6 is 0 Å². The normalized spacial score (nSPS) is 20.0. The maximum absolute atomic E-state index is 5.21. The van der Waals surface area contributed by atoms with Gasteiger partial charge in [-0.2, -0.15) is 0 Å². The smallest absolute Gasteiger partial charge is 0.118 e. The van der Waals surface area contributed by atoms with Crippen molar-refractivity contribution < 1.29 is 4.74 Å². The number of piperidine rings is 1. The van der Waals surface area contributed by atoms with Crippen LogP contribution in [0.5, 0.6) is 5.75 Å². The molecule has 0 bridgehead atoms. The first-order valence-corrected chi connectivity index (χ1v) is 7.87. The van der Waals surface area contributed by atoms with E-state index >= 15 is 0 Å². The lowest BCUT2D eigenvalue weighted by atomic mass is 9.94. The zero-order valence-electron chi connectivity index (χ0n) is 12.9. The topological polar surface area (TPSA) is 24.5 Å². The fourth-order valence-corrected chi connectivity index (χ4v) is 3.00. The first-order valence-electron chi connectivity index (χ1n) is 7.87. The van der Waals surface area contributed by atoms with Gasteiger partial charge >= 0.3 is 0 Å². The quantitative estimate of drug-likeness (QED) is 0.775. The van der Waals surface area contributed by atoms with Crippen LogP contribution in [0.25, 0.3) is 0 Å². The van der Waals surface area contributed by atoms with Crippen LogP contribution in [-0.4, -0.2) is 38.2 Å². The fraction of sp³-hybridized carbons (Fsp3) is 0.647. The lowest BCUT2D eigenvalue weighted by molar-refractivity contribution is 0.161. The highest BCUT2D eigenvalue weighted by molar-refractivity contribution is 5.27. The number of ether oxygens (including phenoxy) is 1. The van der Waals surface area contributed by atoms with Crippen LogP contribution in [0.1, 0.15) is 31.7 Å². The summed E-state index contributed by atoms with van der Waals surface area (Å²) in [4.78, 5) is 2.60. The van der Waals surface area contributed by atoms with Crippen molar-refractivity contribution in [3.05, 3.63) is 29.8 Å².